The van der Waals surface area contributed by atoms with E-state index in [4.69, 9.17) is 9.47 Å². The number of methoxy groups -OCH3 is 2. The van der Waals surface area contributed by atoms with Gasteiger partial charge in [-0.2, -0.15) is 0 Å². The SMILES string of the molecule is COc1ccc(NC(=O)CCSc2ccc(F)cc2)cc1OC. The maximum absolute atomic E-state index is 12.8. The quantitative estimate of drug-likeness (QED) is 0.778. The van der Waals surface area contributed by atoms with Crippen LogP contribution in [-0.4, -0.2) is 25.9 Å². The fourth-order valence-corrected chi connectivity index (χ4v) is 2.78. The van der Waals surface area contributed by atoms with Crippen molar-refractivity contribution in [3.63, 3.8) is 0 Å². The van der Waals surface area contributed by atoms with Crippen molar-refractivity contribution in [1.29, 1.82) is 0 Å². The Bertz CT molecular complexity index is 661. The molecule has 0 radical (unpaired) electrons. The van der Waals surface area contributed by atoms with Gasteiger partial charge in [-0.15, -0.1) is 11.8 Å². The molecular formula is C17H18FNO3S. The first-order valence-corrected chi connectivity index (χ1v) is 8.01. The third kappa shape index (κ3) is 5.17. The van der Waals surface area contributed by atoms with E-state index in [9.17, 15) is 9.18 Å². The summed E-state index contributed by atoms with van der Waals surface area (Å²) in [6.45, 7) is 0. The van der Waals surface area contributed by atoms with Crippen LogP contribution in [-0.2, 0) is 4.79 Å². The number of carbonyl (C=O) groups is 1. The first kappa shape index (κ1) is 17.1. The molecule has 0 heterocycles. The standard InChI is InChI=1S/C17H18FNO3S/c1-21-15-8-5-13(11-16(15)22-2)19-17(20)9-10-23-14-6-3-12(18)4-7-14/h3-8,11H,9-10H2,1-2H3,(H,19,20). The Kier molecular flexibility index (Phi) is 6.29. The third-order valence-corrected chi connectivity index (χ3v) is 4.09. The van der Waals surface area contributed by atoms with Gasteiger partial charge in [0.15, 0.2) is 11.5 Å². The Balaban J connectivity index is 1.83. The van der Waals surface area contributed by atoms with Crippen molar-refractivity contribution in [3.05, 3.63) is 48.3 Å². The van der Waals surface area contributed by atoms with Gasteiger partial charge in [0.1, 0.15) is 5.82 Å². The molecule has 0 spiro atoms. The lowest BCUT2D eigenvalue weighted by Gasteiger charge is -2.10. The van der Waals surface area contributed by atoms with Crippen LogP contribution in [0.5, 0.6) is 11.5 Å². The van der Waals surface area contributed by atoms with Gasteiger partial charge >= 0.3 is 0 Å². The predicted molar refractivity (Wildman–Crippen MR) is 89.9 cm³/mol. The topological polar surface area (TPSA) is 47.6 Å². The third-order valence-electron chi connectivity index (χ3n) is 3.08. The summed E-state index contributed by atoms with van der Waals surface area (Å²) in [5.74, 6) is 1.43. The largest absolute Gasteiger partial charge is 0.493 e. The van der Waals surface area contributed by atoms with Crippen LogP contribution in [0.15, 0.2) is 47.4 Å². The number of amides is 1. The first-order valence-electron chi connectivity index (χ1n) is 7.02. The number of carbonyl (C=O) groups excluding carboxylic acids is 1. The summed E-state index contributed by atoms with van der Waals surface area (Å²) in [5.41, 5.74) is 0.652. The van der Waals surface area contributed by atoms with Crippen LogP contribution in [0.3, 0.4) is 0 Å². The van der Waals surface area contributed by atoms with Crippen LogP contribution >= 0.6 is 11.8 Å². The molecule has 0 aromatic heterocycles. The molecule has 122 valence electrons. The molecule has 2 rings (SSSR count). The van der Waals surface area contributed by atoms with Crippen molar-refractivity contribution in [2.45, 2.75) is 11.3 Å². The second-order valence-corrected chi connectivity index (χ2v) is 5.84. The van der Waals surface area contributed by atoms with Crippen LogP contribution in [0.25, 0.3) is 0 Å². The Morgan fingerprint density at radius 3 is 2.43 bits per heavy atom. The molecule has 0 bridgehead atoms. The van der Waals surface area contributed by atoms with E-state index in [2.05, 4.69) is 5.32 Å². The molecule has 0 aliphatic carbocycles. The van der Waals surface area contributed by atoms with Gasteiger partial charge in [-0.05, 0) is 36.4 Å². The number of anilines is 1. The Labute approximate surface area is 139 Å². The lowest BCUT2D eigenvalue weighted by molar-refractivity contribution is -0.115. The second-order valence-electron chi connectivity index (χ2n) is 4.67. The summed E-state index contributed by atoms with van der Waals surface area (Å²) in [7, 11) is 3.10. The minimum absolute atomic E-state index is 0.0909. The number of benzene rings is 2. The lowest BCUT2D eigenvalue weighted by atomic mass is 10.2. The Hall–Kier alpha value is -2.21. The fourth-order valence-electron chi connectivity index (χ4n) is 1.93. The normalized spacial score (nSPS) is 10.2. The van der Waals surface area contributed by atoms with Gasteiger partial charge in [0.2, 0.25) is 5.91 Å². The molecule has 0 aliphatic rings. The summed E-state index contributed by atoms with van der Waals surface area (Å²) in [6, 6.07) is 11.4. The predicted octanol–water partition coefficient (Wildman–Crippen LogP) is 3.96. The van der Waals surface area contributed by atoms with Crippen LogP contribution in [0.4, 0.5) is 10.1 Å². The van der Waals surface area contributed by atoms with E-state index in [0.717, 1.165) is 4.90 Å². The van der Waals surface area contributed by atoms with E-state index in [-0.39, 0.29) is 11.7 Å². The van der Waals surface area contributed by atoms with Gasteiger partial charge in [-0.3, -0.25) is 4.79 Å². The van der Waals surface area contributed by atoms with Crippen molar-refractivity contribution < 1.29 is 18.7 Å². The number of hydrogen-bond acceptors (Lipinski definition) is 4. The van der Waals surface area contributed by atoms with E-state index in [0.29, 0.717) is 29.4 Å². The number of hydrogen-bond donors (Lipinski definition) is 1. The smallest absolute Gasteiger partial charge is 0.225 e. The summed E-state index contributed by atoms with van der Waals surface area (Å²) in [4.78, 5) is 12.9. The average Bonchev–Trinajstić information content (AvgIpc) is 2.56. The van der Waals surface area contributed by atoms with Gasteiger partial charge in [-0.1, -0.05) is 0 Å². The number of rotatable bonds is 7. The zero-order valence-corrected chi connectivity index (χ0v) is 13.8. The molecule has 0 unspecified atom stereocenters. The molecule has 6 heteroatoms. The highest BCUT2D eigenvalue weighted by Gasteiger charge is 2.07. The first-order chi connectivity index (χ1) is 11.1. The zero-order chi connectivity index (χ0) is 16.7. The zero-order valence-electron chi connectivity index (χ0n) is 13.0. The van der Waals surface area contributed by atoms with Gasteiger partial charge in [0.05, 0.1) is 14.2 Å². The summed E-state index contributed by atoms with van der Waals surface area (Å²) < 4.78 is 23.1. The molecule has 23 heavy (non-hydrogen) atoms. The Morgan fingerprint density at radius 1 is 1.09 bits per heavy atom. The molecule has 2 aromatic carbocycles. The van der Waals surface area contributed by atoms with Gasteiger partial charge < -0.3 is 14.8 Å². The molecule has 1 amide bonds. The van der Waals surface area contributed by atoms with Crippen molar-refractivity contribution in [3.8, 4) is 11.5 Å². The van der Waals surface area contributed by atoms with Gasteiger partial charge in [-0.25, -0.2) is 4.39 Å². The maximum Gasteiger partial charge on any atom is 0.225 e. The Morgan fingerprint density at radius 2 is 1.78 bits per heavy atom. The molecule has 4 nitrogen and oxygen atoms in total. The molecule has 0 fully saturated rings. The maximum atomic E-state index is 12.8. The molecule has 1 N–H and O–H groups in total. The van der Waals surface area contributed by atoms with Gasteiger partial charge in [0.25, 0.3) is 0 Å². The van der Waals surface area contributed by atoms with E-state index in [1.807, 2.05) is 0 Å². The highest BCUT2D eigenvalue weighted by molar-refractivity contribution is 7.99. The van der Waals surface area contributed by atoms with Crippen LogP contribution in [0, 0.1) is 5.82 Å². The highest BCUT2D eigenvalue weighted by atomic mass is 32.2. The molecule has 0 aliphatic heterocycles. The summed E-state index contributed by atoms with van der Waals surface area (Å²) in [5, 5.41) is 2.82. The molecule has 0 atom stereocenters. The second kappa shape index (κ2) is 8.43. The fraction of sp³-hybridized carbons (Fsp3) is 0.235. The minimum Gasteiger partial charge on any atom is -0.493 e. The monoisotopic (exact) mass is 335 g/mol. The molecule has 2 aromatic rings. The van der Waals surface area contributed by atoms with E-state index >= 15 is 0 Å². The van der Waals surface area contributed by atoms with E-state index in [1.165, 1.54) is 23.9 Å². The molecule has 0 saturated carbocycles. The van der Waals surface area contributed by atoms with Crippen LogP contribution in [0.2, 0.25) is 0 Å². The highest BCUT2D eigenvalue weighted by Crippen LogP contribution is 2.29. The van der Waals surface area contributed by atoms with Crippen LogP contribution < -0.4 is 14.8 Å². The average molecular weight is 335 g/mol. The molecular weight excluding hydrogens is 317 g/mol. The number of halogens is 1. The summed E-state index contributed by atoms with van der Waals surface area (Å²) in [6.07, 6.45) is 0.358. The number of ether oxygens (including phenoxy) is 2. The number of nitrogens with one attached hydrogen (secondary N) is 1. The number of thioether (sulfide) groups is 1. The van der Waals surface area contributed by atoms with E-state index in [1.54, 1.807) is 44.6 Å². The molecule has 0 saturated heterocycles. The van der Waals surface area contributed by atoms with Crippen molar-refractivity contribution >= 4 is 23.4 Å². The van der Waals surface area contributed by atoms with Crippen LogP contribution in [0.1, 0.15) is 6.42 Å². The van der Waals surface area contributed by atoms with Gasteiger partial charge in [0, 0.05) is 28.8 Å². The minimum atomic E-state index is -0.263. The summed E-state index contributed by atoms with van der Waals surface area (Å²) >= 11 is 1.51. The van der Waals surface area contributed by atoms with Crippen molar-refractivity contribution in [1.82, 2.24) is 0 Å². The van der Waals surface area contributed by atoms with Crippen molar-refractivity contribution in [2.24, 2.45) is 0 Å². The van der Waals surface area contributed by atoms with Crippen molar-refractivity contribution in [2.75, 3.05) is 25.3 Å². The van der Waals surface area contributed by atoms with E-state index < -0.39 is 0 Å². The lowest BCUT2D eigenvalue weighted by Crippen LogP contribution is -2.12.